The zero-order chi connectivity index (χ0) is 15.3. The van der Waals surface area contributed by atoms with E-state index < -0.39 is 28.9 Å². The lowest BCUT2D eigenvalue weighted by atomic mass is 10.1. The molecule has 9 heteroatoms. The first-order chi connectivity index (χ1) is 9.38. The minimum Gasteiger partial charge on any atom is -0.469 e. The van der Waals surface area contributed by atoms with Gasteiger partial charge in [-0.1, -0.05) is 0 Å². The molecule has 110 valence electrons. The number of ether oxygens (including phenoxy) is 2. The molecule has 0 N–H and O–H groups in total. The molecule has 0 saturated heterocycles. The standard InChI is InChI=1S/C11H10ClF2NO5/c1-19-10(16)3-6-2-7(5-12)9(20-11(13)14)4-8(6)15(17)18/h2,4,11H,3,5H2,1H3. The number of carbonyl (C=O) groups excluding carboxylic acids is 1. The lowest BCUT2D eigenvalue weighted by Crippen LogP contribution is -2.09. The lowest BCUT2D eigenvalue weighted by Gasteiger charge is -2.11. The molecule has 0 amide bonds. The van der Waals surface area contributed by atoms with Gasteiger partial charge in [0.1, 0.15) is 5.75 Å². The second-order valence-corrected chi connectivity index (χ2v) is 3.88. The smallest absolute Gasteiger partial charge is 0.387 e. The first-order valence-electron chi connectivity index (χ1n) is 5.26. The minimum absolute atomic E-state index is 0.0131. The Bertz CT molecular complexity index is 524. The van der Waals surface area contributed by atoms with Crippen LogP contribution in [0.15, 0.2) is 12.1 Å². The highest BCUT2D eigenvalue weighted by atomic mass is 35.5. The monoisotopic (exact) mass is 309 g/mol. The molecule has 0 aliphatic heterocycles. The fraction of sp³-hybridized carbons (Fsp3) is 0.364. The maximum Gasteiger partial charge on any atom is 0.387 e. The van der Waals surface area contributed by atoms with Gasteiger partial charge in [0.15, 0.2) is 0 Å². The fourth-order valence-corrected chi connectivity index (χ4v) is 1.72. The SMILES string of the molecule is COC(=O)Cc1cc(CCl)c(OC(F)F)cc1[N+](=O)[O-]. The van der Waals surface area contributed by atoms with Gasteiger partial charge in [0, 0.05) is 11.1 Å². The van der Waals surface area contributed by atoms with E-state index in [1.165, 1.54) is 6.07 Å². The van der Waals surface area contributed by atoms with E-state index >= 15 is 0 Å². The predicted octanol–water partition coefficient (Wildman–Crippen LogP) is 2.65. The van der Waals surface area contributed by atoms with Crippen molar-refractivity contribution in [2.45, 2.75) is 18.9 Å². The molecule has 0 aromatic heterocycles. The third kappa shape index (κ3) is 4.02. The van der Waals surface area contributed by atoms with Crippen molar-refractivity contribution >= 4 is 23.3 Å². The summed E-state index contributed by atoms with van der Waals surface area (Å²) in [7, 11) is 1.13. The fourth-order valence-electron chi connectivity index (χ4n) is 1.51. The molecule has 6 nitrogen and oxygen atoms in total. The van der Waals surface area contributed by atoms with Gasteiger partial charge < -0.3 is 9.47 Å². The summed E-state index contributed by atoms with van der Waals surface area (Å²) >= 11 is 5.58. The molecule has 0 fully saturated rings. The van der Waals surface area contributed by atoms with E-state index in [-0.39, 0.29) is 23.4 Å². The summed E-state index contributed by atoms with van der Waals surface area (Å²) in [5.41, 5.74) is -0.379. The maximum atomic E-state index is 12.2. The summed E-state index contributed by atoms with van der Waals surface area (Å²) in [4.78, 5) is 21.3. The highest BCUT2D eigenvalue weighted by molar-refractivity contribution is 6.17. The summed E-state index contributed by atoms with van der Waals surface area (Å²) in [6.07, 6.45) is -0.369. The minimum atomic E-state index is -3.14. The topological polar surface area (TPSA) is 78.7 Å². The summed E-state index contributed by atoms with van der Waals surface area (Å²) in [6.45, 7) is -3.14. The number of alkyl halides is 3. The Balaban J connectivity index is 3.29. The Kier molecular flexibility index (Phi) is 5.63. The van der Waals surface area contributed by atoms with Gasteiger partial charge in [-0.25, -0.2) is 0 Å². The number of rotatable bonds is 6. The van der Waals surface area contributed by atoms with Crippen molar-refractivity contribution in [1.29, 1.82) is 0 Å². The van der Waals surface area contributed by atoms with Gasteiger partial charge in [-0.05, 0) is 6.07 Å². The third-order valence-corrected chi connectivity index (χ3v) is 2.67. The predicted molar refractivity (Wildman–Crippen MR) is 65.0 cm³/mol. The first-order valence-corrected chi connectivity index (χ1v) is 5.80. The number of hydrogen-bond donors (Lipinski definition) is 0. The molecule has 0 saturated carbocycles. The van der Waals surface area contributed by atoms with Crippen LogP contribution < -0.4 is 4.74 Å². The number of nitro benzene ring substituents is 1. The number of hydrogen-bond acceptors (Lipinski definition) is 5. The average Bonchev–Trinajstić information content (AvgIpc) is 2.38. The van der Waals surface area contributed by atoms with Crippen molar-refractivity contribution in [2.24, 2.45) is 0 Å². The van der Waals surface area contributed by atoms with E-state index in [0.717, 1.165) is 13.2 Å². The zero-order valence-electron chi connectivity index (χ0n) is 10.3. The Hall–Kier alpha value is -1.96. The molecule has 0 spiro atoms. The number of nitrogens with zero attached hydrogens (tertiary/aromatic N) is 1. The normalized spacial score (nSPS) is 10.4. The Labute approximate surface area is 117 Å². The number of methoxy groups -OCH3 is 1. The quantitative estimate of drug-likeness (QED) is 0.349. The van der Waals surface area contributed by atoms with Crippen LogP contribution in [-0.2, 0) is 21.8 Å². The molecule has 1 aromatic carbocycles. The van der Waals surface area contributed by atoms with Gasteiger partial charge in [0.05, 0.1) is 30.4 Å². The van der Waals surface area contributed by atoms with E-state index in [0.29, 0.717) is 0 Å². The van der Waals surface area contributed by atoms with Crippen LogP contribution in [0.25, 0.3) is 0 Å². The Morgan fingerprint density at radius 2 is 2.10 bits per heavy atom. The number of nitro groups is 1. The van der Waals surface area contributed by atoms with Gasteiger partial charge in [0.25, 0.3) is 5.69 Å². The molecule has 1 aromatic rings. The number of esters is 1. The molecule has 0 heterocycles. The third-order valence-electron chi connectivity index (χ3n) is 2.38. The molecule has 0 radical (unpaired) electrons. The first kappa shape index (κ1) is 16.1. The molecule has 20 heavy (non-hydrogen) atoms. The molecule has 0 bridgehead atoms. The van der Waals surface area contributed by atoms with Crippen molar-refractivity contribution in [3.63, 3.8) is 0 Å². The van der Waals surface area contributed by atoms with Gasteiger partial charge in [-0.3, -0.25) is 14.9 Å². The summed E-state index contributed by atoms with van der Waals surface area (Å²) in [5.74, 6) is -1.29. The van der Waals surface area contributed by atoms with Crippen molar-refractivity contribution < 1.29 is 28.0 Å². The molecule has 0 aliphatic carbocycles. The highest BCUT2D eigenvalue weighted by Gasteiger charge is 2.22. The van der Waals surface area contributed by atoms with E-state index in [1.807, 2.05) is 0 Å². The Morgan fingerprint density at radius 1 is 1.45 bits per heavy atom. The van der Waals surface area contributed by atoms with E-state index in [9.17, 15) is 23.7 Å². The second kappa shape index (κ2) is 6.99. The van der Waals surface area contributed by atoms with Crippen molar-refractivity contribution in [3.8, 4) is 5.75 Å². The van der Waals surface area contributed by atoms with Crippen molar-refractivity contribution in [3.05, 3.63) is 33.4 Å². The van der Waals surface area contributed by atoms with Gasteiger partial charge in [-0.15, -0.1) is 11.6 Å². The summed E-state index contributed by atoms with van der Waals surface area (Å²) < 4.78 is 33.0. The summed E-state index contributed by atoms with van der Waals surface area (Å²) in [6, 6.07) is 2.00. The zero-order valence-corrected chi connectivity index (χ0v) is 11.0. The number of halogens is 3. The molecular weight excluding hydrogens is 300 g/mol. The van der Waals surface area contributed by atoms with Crippen LogP contribution in [0.2, 0.25) is 0 Å². The van der Waals surface area contributed by atoms with Crippen LogP contribution >= 0.6 is 11.6 Å². The number of benzene rings is 1. The van der Waals surface area contributed by atoms with Crippen LogP contribution in [0.1, 0.15) is 11.1 Å². The largest absolute Gasteiger partial charge is 0.469 e. The van der Waals surface area contributed by atoms with E-state index in [1.54, 1.807) is 0 Å². The van der Waals surface area contributed by atoms with Crippen molar-refractivity contribution in [2.75, 3.05) is 7.11 Å². The van der Waals surface area contributed by atoms with Crippen LogP contribution in [0.3, 0.4) is 0 Å². The molecular formula is C11H10ClF2NO5. The second-order valence-electron chi connectivity index (χ2n) is 3.61. The average molecular weight is 310 g/mol. The summed E-state index contributed by atoms with van der Waals surface area (Å²) in [5, 5.41) is 10.9. The highest BCUT2D eigenvalue weighted by Crippen LogP contribution is 2.31. The van der Waals surface area contributed by atoms with Gasteiger partial charge in [0.2, 0.25) is 0 Å². The van der Waals surface area contributed by atoms with Crippen LogP contribution in [0.5, 0.6) is 5.75 Å². The Morgan fingerprint density at radius 3 is 2.55 bits per heavy atom. The van der Waals surface area contributed by atoms with Crippen LogP contribution in [-0.4, -0.2) is 24.6 Å². The van der Waals surface area contributed by atoms with Gasteiger partial charge >= 0.3 is 12.6 Å². The maximum absolute atomic E-state index is 12.2. The van der Waals surface area contributed by atoms with E-state index in [4.69, 9.17) is 11.6 Å². The van der Waals surface area contributed by atoms with E-state index in [2.05, 4.69) is 9.47 Å². The van der Waals surface area contributed by atoms with Crippen molar-refractivity contribution in [1.82, 2.24) is 0 Å². The van der Waals surface area contributed by atoms with Gasteiger partial charge in [-0.2, -0.15) is 8.78 Å². The van der Waals surface area contributed by atoms with Crippen LogP contribution in [0.4, 0.5) is 14.5 Å². The van der Waals surface area contributed by atoms with Crippen LogP contribution in [0, 0.1) is 10.1 Å². The molecule has 0 aliphatic rings. The molecule has 0 unspecified atom stereocenters. The molecule has 0 atom stereocenters. The molecule has 1 rings (SSSR count). The number of carbonyl (C=O) groups is 1. The lowest BCUT2D eigenvalue weighted by molar-refractivity contribution is -0.385.